The van der Waals surface area contributed by atoms with Crippen molar-refractivity contribution in [1.29, 1.82) is 0 Å². The number of nitrogens with one attached hydrogen (secondary N) is 1. The Morgan fingerprint density at radius 1 is 0.492 bits per heavy atom. The van der Waals surface area contributed by atoms with Gasteiger partial charge in [-0.3, -0.25) is 9.59 Å². The average molecular weight is 830 g/mol. The zero-order chi connectivity index (χ0) is 43.1. The standard InChI is InChI=1S/C53H99NO5/c1-4-7-10-13-16-19-22-24-26-27-28-30-32-35-38-41-44-49(59-53(58)46-43-40-37-34-21-18-15-12-9-6-3)47-52(57)54-50(48-55)51(56)45-42-39-36-33-31-29-25-23-20-17-14-11-8-5-2/h12,15,26-28,30,49-51,55-56H,4-11,13-14,16-25,29,31-48H2,1-3H3,(H,54,57)/b15-12-,27-26+,30-28+. The molecule has 0 rings (SSSR count). The fraction of sp³-hybridized carbons (Fsp3) is 0.849. The molecule has 0 saturated carbocycles. The van der Waals surface area contributed by atoms with E-state index in [0.717, 1.165) is 83.5 Å². The molecule has 0 aliphatic carbocycles. The maximum absolute atomic E-state index is 13.2. The molecule has 3 unspecified atom stereocenters. The number of aliphatic hydroxyl groups excluding tert-OH is 2. The summed E-state index contributed by atoms with van der Waals surface area (Å²) in [7, 11) is 0. The minimum atomic E-state index is -0.794. The number of unbranched alkanes of at least 4 members (excludes halogenated alkanes) is 29. The molecule has 0 heterocycles. The third kappa shape index (κ3) is 42.6. The van der Waals surface area contributed by atoms with Crippen molar-refractivity contribution in [3.05, 3.63) is 36.5 Å². The molecule has 0 bridgehead atoms. The van der Waals surface area contributed by atoms with Crippen LogP contribution in [0.3, 0.4) is 0 Å². The highest BCUT2D eigenvalue weighted by Crippen LogP contribution is 2.17. The van der Waals surface area contributed by atoms with Crippen molar-refractivity contribution in [2.45, 2.75) is 283 Å². The topological polar surface area (TPSA) is 95.9 Å². The fourth-order valence-corrected chi connectivity index (χ4v) is 7.78. The summed E-state index contributed by atoms with van der Waals surface area (Å²) in [6.45, 7) is 6.42. The van der Waals surface area contributed by atoms with Gasteiger partial charge >= 0.3 is 5.97 Å². The molecule has 59 heavy (non-hydrogen) atoms. The second-order valence-electron chi connectivity index (χ2n) is 17.6. The maximum atomic E-state index is 13.2. The lowest BCUT2D eigenvalue weighted by molar-refractivity contribution is -0.151. The second kappa shape index (κ2) is 47.1. The lowest BCUT2D eigenvalue weighted by Crippen LogP contribution is -2.46. The molecular weight excluding hydrogens is 731 g/mol. The van der Waals surface area contributed by atoms with Crippen molar-refractivity contribution in [2.24, 2.45) is 0 Å². The lowest BCUT2D eigenvalue weighted by Gasteiger charge is -2.24. The number of hydrogen-bond acceptors (Lipinski definition) is 5. The molecule has 0 aromatic carbocycles. The minimum Gasteiger partial charge on any atom is -0.462 e. The van der Waals surface area contributed by atoms with Crippen LogP contribution in [0.4, 0.5) is 0 Å². The van der Waals surface area contributed by atoms with E-state index in [1.165, 1.54) is 135 Å². The number of hydrogen-bond donors (Lipinski definition) is 3. The van der Waals surface area contributed by atoms with Crippen LogP contribution < -0.4 is 5.32 Å². The van der Waals surface area contributed by atoms with Crippen LogP contribution in [0.2, 0.25) is 0 Å². The Balaban J connectivity index is 4.59. The van der Waals surface area contributed by atoms with E-state index >= 15 is 0 Å². The van der Waals surface area contributed by atoms with E-state index < -0.39 is 18.2 Å². The number of ether oxygens (including phenoxy) is 1. The second-order valence-corrected chi connectivity index (χ2v) is 17.6. The number of carbonyl (C=O) groups is 2. The Kier molecular flexibility index (Phi) is 45.6. The Bertz CT molecular complexity index is 977. The number of aliphatic hydroxyl groups is 2. The van der Waals surface area contributed by atoms with Gasteiger partial charge in [0.2, 0.25) is 5.91 Å². The fourth-order valence-electron chi connectivity index (χ4n) is 7.78. The molecule has 0 aliphatic rings. The van der Waals surface area contributed by atoms with Crippen LogP contribution in [-0.4, -0.2) is 46.9 Å². The third-order valence-electron chi connectivity index (χ3n) is 11.7. The van der Waals surface area contributed by atoms with Crippen LogP contribution in [0.25, 0.3) is 0 Å². The first-order chi connectivity index (χ1) is 29.0. The van der Waals surface area contributed by atoms with Gasteiger partial charge in [-0.1, -0.05) is 218 Å². The first-order valence-corrected chi connectivity index (χ1v) is 25.7. The zero-order valence-electron chi connectivity index (χ0n) is 39.4. The number of allylic oxidation sites excluding steroid dienone is 6. The highest BCUT2D eigenvalue weighted by molar-refractivity contribution is 5.77. The lowest BCUT2D eigenvalue weighted by atomic mass is 10.0. The normalized spacial score (nSPS) is 13.5. The summed E-state index contributed by atoms with van der Waals surface area (Å²) in [5.74, 6) is -0.505. The highest BCUT2D eigenvalue weighted by Gasteiger charge is 2.24. The summed E-state index contributed by atoms with van der Waals surface area (Å²) in [6, 6.07) is -0.709. The number of amides is 1. The van der Waals surface area contributed by atoms with Crippen molar-refractivity contribution in [3.8, 4) is 0 Å². The predicted molar refractivity (Wildman–Crippen MR) is 255 cm³/mol. The van der Waals surface area contributed by atoms with Gasteiger partial charge in [-0.15, -0.1) is 0 Å². The van der Waals surface area contributed by atoms with Gasteiger partial charge in [0, 0.05) is 6.42 Å². The van der Waals surface area contributed by atoms with Crippen LogP contribution in [0.15, 0.2) is 36.5 Å². The molecule has 3 atom stereocenters. The van der Waals surface area contributed by atoms with Crippen molar-refractivity contribution in [2.75, 3.05) is 6.61 Å². The van der Waals surface area contributed by atoms with Crippen molar-refractivity contribution in [3.63, 3.8) is 0 Å². The molecule has 346 valence electrons. The molecule has 0 spiro atoms. The molecule has 0 aromatic heterocycles. The van der Waals surface area contributed by atoms with Gasteiger partial charge in [-0.2, -0.15) is 0 Å². The van der Waals surface area contributed by atoms with Crippen LogP contribution in [-0.2, 0) is 14.3 Å². The van der Waals surface area contributed by atoms with Gasteiger partial charge in [0.05, 0.1) is 25.2 Å². The van der Waals surface area contributed by atoms with Gasteiger partial charge in [-0.25, -0.2) is 0 Å². The first-order valence-electron chi connectivity index (χ1n) is 25.7. The molecule has 0 aliphatic heterocycles. The summed E-state index contributed by atoms with van der Waals surface area (Å²) in [4.78, 5) is 26.1. The van der Waals surface area contributed by atoms with Gasteiger partial charge in [0.25, 0.3) is 0 Å². The largest absolute Gasteiger partial charge is 0.462 e. The van der Waals surface area contributed by atoms with Crippen LogP contribution in [0.1, 0.15) is 265 Å². The zero-order valence-corrected chi connectivity index (χ0v) is 39.4. The number of carbonyl (C=O) groups excluding carboxylic acids is 2. The number of rotatable bonds is 46. The van der Waals surface area contributed by atoms with E-state index in [1.807, 2.05) is 0 Å². The summed E-state index contributed by atoms with van der Waals surface area (Å²) in [5, 5.41) is 23.8. The predicted octanol–water partition coefficient (Wildman–Crippen LogP) is 15.3. The summed E-state index contributed by atoms with van der Waals surface area (Å²) in [5.41, 5.74) is 0. The highest BCUT2D eigenvalue weighted by atomic mass is 16.5. The SMILES string of the molecule is CCC/C=C\CCCCCCCC(=O)OC(CCCCC/C=C/C=C/CCCCCCCCC)CC(=O)NC(CO)C(O)CCCCCCCCCCCCCCCC. The Labute approximate surface area is 366 Å². The van der Waals surface area contributed by atoms with Crippen molar-refractivity contribution in [1.82, 2.24) is 5.32 Å². The van der Waals surface area contributed by atoms with Gasteiger partial charge in [0.15, 0.2) is 0 Å². The minimum absolute atomic E-state index is 0.0583. The molecule has 0 saturated heterocycles. The van der Waals surface area contributed by atoms with Gasteiger partial charge < -0.3 is 20.3 Å². The van der Waals surface area contributed by atoms with Crippen molar-refractivity contribution >= 4 is 11.9 Å². The quantitative estimate of drug-likeness (QED) is 0.0246. The van der Waals surface area contributed by atoms with Crippen molar-refractivity contribution < 1.29 is 24.5 Å². The van der Waals surface area contributed by atoms with Crippen LogP contribution in [0, 0.1) is 0 Å². The smallest absolute Gasteiger partial charge is 0.306 e. The van der Waals surface area contributed by atoms with Gasteiger partial charge in [-0.05, 0) is 70.6 Å². The monoisotopic (exact) mass is 830 g/mol. The molecular formula is C53H99NO5. The Morgan fingerprint density at radius 2 is 0.898 bits per heavy atom. The van der Waals surface area contributed by atoms with E-state index in [2.05, 4.69) is 62.5 Å². The molecule has 1 amide bonds. The van der Waals surface area contributed by atoms with Crippen LogP contribution in [0.5, 0.6) is 0 Å². The third-order valence-corrected chi connectivity index (χ3v) is 11.7. The van der Waals surface area contributed by atoms with E-state index in [9.17, 15) is 19.8 Å². The summed E-state index contributed by atoms with van der Waals surface area (Å²) >= 11 is 0. The van der Waals surface area contributed by atoms with Gasteiger partial charge in [0.1, 0.15) is 6.10 Å². The van der Waals surface area contributed by atoms with E-state index in [4.69, 9.17) is 4.74 Å². The molecule has 6 heteroatoms. The maximum Gasteiger partial charge on any atom is 0.306 e. The summed E-state index contributed by atoms with van der Waals surface area (Å²) in [6.07, 6.45) is 54.9. The molecule has 3 N–H and O–H groups in total. The Hall–Kier alpha value is -1.92. The average Bonchev–Trinajstić information content (AvgIpc) is 3.23. The first kappa shape index (κ1) is 57.1. The van der Waals surface area contributed by atoms with E-state index in [0.29, 0.717) is 19.3 Å². The molecule has 0 radical (unpaired) electrons. The molecule has 6 nitrogen and oxygen atoms in total. The Morgan fingerprint density at radius 3 is 1.39 bits per heavy atom. The van der Waals surface area contributed by atoms with E-state index in [1.54, 1.807) is 0 Å². The molecule has 0 aromatic rings. The summed E-state index contributed by atoms with van der Waals surface area (Å²) < 4.78 is 5.90. The number of esters is 1. The van der Waals surface area contributed by atoms with Crippen LogP contribution >= 0.6 is 0 Å². The van der Waals surface area contributed by atoms with E-state index in [-0.39, 0.29) is 24.9 Å². The molecule has 0 fully saturated rings.